The van der Waals surface area contributed by atoms with E-state index in [9.17, 15) is 0 Å². The Labute approximate surface area is 130 Å². The molecule has 2 nitrogen and oxygen atoms in total. The highest BCUT2D eigenvalue weighted by Gasteiger charge is 2.29. The Balaban J connectivity index is 2.00. The van der Waals surface area contributed by atoms with Crippen LogP contribution in [0, 0.1) is 5.92 Å². The SMILES string of the molecule is CCC(C)C1CN(CC(C)c2ccccc2)C(CC)CN1. The molecule has 0 bridgehead atoms. The summed E-state index contributed by atoms with van der Waals surface area (Å²) in [5.41, 5.74) is 1.46. The third-order valence-corrected chi connectivity index (χ3v) is 5.24. The van der Waals surface area contributed by atoms with Gasteiger partial charge in [-0.25, -0.2) is 0 Å². The molecule has 4 atom stereocenters. The van der Waals surface area contributed by atoms with E-state index >= 15 is 0 Å². The van der Waals surface area contributed by atoms with Crippen LogP contribution >= 0.6 is 0 Å². The lowest BCUT2D eigenvalue weighted by atomic mass is 9.93. The maximum Gasteiger partial charge on any atom is 0.0221 e. The van der Waals surface area contributed by atoms with Gasteiger partial charge in [0.15, 0.2) is 0 Å². The number of benzene rings is 1. The van der Waals surface area contributed by atoms with Gasteiger partial charge in [-0.05, 0) is 23.8 Å². The van der Waals surface area contributed by atoms with Crippen LogP contribution in [-0.2, 0) is 0 Å². The molecule has 21 heavy (non-hydrogen) atoms. The number of nitrogens with one attached hydrogen (secondary N) is 1. The van der Waals surface area contributed by atoms with E-state index in [1.165, 1.54) is 31.5 Å². The van der Waals surface area contributed by atoms with Crippen molar-refractivity contribution in [2.75, 3.05) is 19.6 Å². The molecule has 2 heteroatoms. The molecular formula is C19H32N2. The Hall–Kier alpha value is -0.860. The van der Waals surface area contributed by atoms with Gasteiger partial charge in [0.05, 0.1) is 0 Å². The molecular weight excluding hydrogens is 256 g/mol. The van der Waals surface area contributed by atoms with Gasteiger partial charge in [-0.3, -0.25) is 4.90 Å². The van der Waals surface area contributed by atoms with Crippen molar-refractivity contribution in [1.29, 1.82) is 0 Å². The largest absolute Gasteiger partial charge is 0.311 e. The minimum atomic E-state index is 0.607. The average molecular weight is 288 g/mol. The molecule has 1 aliphatic heterocycles. The van der Waals surface area contributed by atoms with E-state index in [4.69, 9.17) is 0 Å². The second-order valence-electron chi connectivity index (χ2n) is 6.73. The van der Waals surface area contributed by atoms with Crippen LogP contribution in [-0.4, -0.2) is 36.6 Å². The van der Waals surface area contributed by atoms with Gasteiger partial charge in [-0.2, -0.15) is 0 Å². The lowest BCUT2D eigenvalue weighted by Crippen LogP contribution is -2.58. The highest BCUT2D eigenvalue weighted by atomic mass is 15.2. The number of piperazine rings is 1. The quantitative estimate of drug-likeness (QED) is 0.854. The number of hydrogen-bond acceptors (Lipinski definition) is 2. The van der Waals surface area contributed by atoms with Gasteiger partial charge in [0, 0.05) is 31.7 Å². The minimum absolute atomic E-state index is 0.607. The fourth-order valence-electron chi connectivity index (χ4n) is 3.41. The first-order valence-corrected chi connectivity index (χ1v) is 8.68. The third kappa shape index (κ3) is 4.31. The van der Waals surface area contributed by atoms with Crippen LogP contribution in [0.3, 0.4) is 0 Å². The maximum atomic E-state index is 3.77. The van der Waals surface area contributed by atoms with Crippen LogP contribution in [0.4, 0.5) is 0 Å². The smallest absolute Gasteiger partial charge is 0.0221 e. The van der Waals surface area contributed by atoms with E-state index in [2.05, 4.69) is 68.2 Å². The standard InChI is InChI=1S/C19H32N2/c1-5-15(3)19-14-21(18(6-2)12-20-19)13-16(4)17-10-8-7-9-11-17/h7-11,15-16,18-20H,5-6,12-14H2,1-4H3. The summed E-state index contributed by atoms with van der Waals surface area (Å²) in [5.74, 6) is 1.37. The van der Waals surface area contributed by atoms with Gasteiger partial charge in [-0.15, -0.1) is 0 Å². The number of rotatable bonds is 6. The first kappa shape index (κ1) is 16.5. The molecule has 1 aliphatic rings. The summed E-state index contributed by atoms with van der Waals surface area (Å²) in [6, 6.07) is 12.3. The van der Waals surface area contributed by atoms with Crippen molar-refractivity contribution in [1.82, 2.24) is 10.2 Å². The summed E-state index contributed by atoms with van der Waals surface area (Å²) < 4.78 is 0. The van der Waals surface area contributed by atoms with Crippen LogP contribution in [0.25, 0.3) is 0 Å². The topological polar surface area (TPSA) is 15.3 Å². The van der Waals surface area contributed by atoms with E-state index in [-0.39, 0.29) is 0 Å². The number of nitrogens with zero attached hydrogens (tertiary/aromatic N) is 1. The van der Waals surface area contributed by atoms with Crippen molar-refractivity contribution in [2.45, 2.75) is 58.5 Å². The monoisotopic (exact) mass is 288 g/mol. The lowest BCUT2D eigenvalue weighted by molar-refractivity contribution is 0.101. The first-order chi connectivity index (χ1) is 10.2. The molecule has 1 saturated heterocycles. The Morgan fingerprint density at radius 1 is 1.19 bits per heavy atom. The molecule has 0 aliphatic carbocycles. The van der Waals surface area contributed by atoms with Crippen LogP contribution in [0.2, 0.25) is 0 Å². The van der Waals surface area contributed by atoms with Crippen molar-refractivity contribution in [3.8, 4) is 0 Å². The van der Waals surface area contributed by atoms with Gasteiger partial charge < -0.3 is 5.32 Å². The Morgan fingerprint density at radius 3 is 2.52 bits per heavy atom. The molecule has 118 valence electrons. The van der Waals surface area contributed by atoms with Crippen LogP contribution in [0.1, 0.15) is 52.0 Å². The Kier molecular flexibility index (Phi) is 6.25. The molecule has 0 amide bonds. The predicted octanol–water partition coefficient (Wildman–Crippen LogP) is 3.89. The summed E-state index contributed by atoms with van der Waals surface area (Å²) in [4.78, 5) is 2.73. The van der Waals surface area contributed by atoms with Gasteiger partial charge in [-0.1, -0.05) is 64.4 Å². The summed E-state index contributed by atoms with van der Waals surface area (Å²) in [7, 11) is 0. The highest BCUT2D eigenvalue weighted by molar-refractivity contribution is 5.19. The molecule has 1 heterocycles. The van der Waals surface area contributed by atoms with Crippen molar-refractivity contribution < 1.29 is 0 Å². The maximum absolute atomic E-state index is 3.77. The fraction of sp³-hybridized carbons (Fsp3) is 0.684. The van der Waals surface area contributed by atoms with Gasteiger partial charge in [0.1, 0.15) is 0 Å². The summed E-state index contributed by atoms with van der Waals surface area (Å²) in [5, 5.41) is 3.77. The molecule has 1 fully saturated rings. The van der Waals surface area contributed by atoms with E-state index in [1.54, 1.807) is 0 Å². The van der Waals surface area contributed by atoms with E-state index < -0.39 is 0 Å². The summed E-state index contributed by atoms with van der Waals surface area (Å²) >= 11 is 0. The van der Waals surface area contributed by atoms with Crippen molar-refractivity contribution >= 4 is 0 Å². The third-order valence-electron chi connectivity index (χ3n) is 5.24. The van der Waals surface area contributed by atoms with Crippen molar-refractivity contribution in [3.05, 3.63) is 35.9 Å². The second kappa shape index (κ2) is 7.95. The van der Waals surface area contributed by atoms with Gasteiger partial charge >= 0.3 is 0 Å². The van der Waals surface area contributed by atoms with Crippen LogP contribution < -0.4 is 5.32 Å². The van der Waals surface area contributed by atoms with Gasteiger partial charge in [0.2, 0.25) is 0 Å². The molecule has 0 radical (unpaired) electrons. The lowest BCUT2D eigenvalue weighted by Gasteiger charge is -2.43. The average Bonchev–Trinajstić information content (AvgIpc) is 2.54. The minimum Gasteiger partial charge on any atom is -0.311 e. The second-order valence-corrected chi connectivity index (χ2v) is 6.73. The molecule has 2 rings (SSSR count). The molecule has 0 saturated carbocycles. The van der Waals surface area contributed by atoms with Crippen LogP contribution in [0.15, 0.2) is 30.3 Å². The van der Waals surface area contributed by atoms with Gasteiger partial charge in [0.25, 0.3) is 0 Å². The summed E-state index contributed by atoms with van der Waals surface area (Å²) in [6.45, 7) is 12.9. The molecule has 1 aromatic rings. The zero-order valence-corrected chi connectivity index (χ0v) is 14.2. The molecule has 0 aromatic heterocycles. The van der Waals surface area contributed by atoms with Crippen molar-refractivity contribution in [3.63, 3.8) is 0 Å². The zero-order chi connectivity index (χ0) is 15.2. The molecule has 0 spiro atoms. The normalized spacial score (nSPS) is 26.5. The molecule has 1 aromatic carbocycles. The first-order valence-electron chi connectivity index (χ1n) is 8.68. The number of hydrogen-bond donors (Lipinski definition) is 1. The predicted molar refractivity (Wildman–Crippen MR) is 91.8 cm³/mol. The van der Waals surface area contributed by atoms with E-state index in [0.717, 1.165) is 12.5 Å². The fourth-order valence-corrected chi connectivity index (χ4v) is 3.41. The summed E-state index contributed by atoms with van der Waals surface area (Å²) in [6.07, 6.45) is 2.50. The Bertz CT molecular complexity index is 403. The Morgan fingerprint density at radius 2 is 1.90 bits per heavy atom. The zero-order valence-electron chi connectivity index (χ0n) is 14.2. The molecule has 4 unspecified atom stereocenters. The molecule has 1 N–H and O–H groups in total. The highest BCUT2D eigenvalue weighted by Crippen LogP contribution is 2.22. The van der Waals surface area contributed by atoms with Crippen LogP contribution in [0.5, 0.6) is 0 Å². The van der Waals surface area contributed by atoms with Crippen molar-refractivity contribution in [2.24, 2.45) is 5.92 Å². The van der Waals surface area contributed by atoms with E-state index in [1.807, 2.05) is 0 Å². The van der Waals surface area contributed by atoms with E-state index in [0.29, 0.717) is 18.0 Å².